The highest BCUT2D eigenvalue weighted by Crippen LogP contribution is 2.57. The van der Waals surface area contributed by atoms with Crippen molar-refractivity contribution in [2.24, 2.45) is 11.5 Å². The van der Waals surface area contributed by atoms with Gasteiger partial charge in [-0.25, -0.2) is 4.58 Å². The second-order valence-corrected chi connectivity index (χ2v) is 30.1. The van der Waals surface area contributed by atoms with Crippen LogP contribution in [0.25, 0.3) is 0 Å². The van der Waals surface area contributed by atoms with Crippen molar-refractivity contribution in [2.75, 3.05) is 122 Å². The average Bonchev–Trinajstić information content (AvgIpc) is 0.760. The first kappa shape index (κ1) is 80.5. The summed E-state index contributed by atoms with van der Waals surface area (Å²) in [5.74, 6) is 7.39. The topological polar surface area (TPSA) is 154 Å². The highest BCUT2D eigenvalue weighted by atomic mass is 32.2. The molecular formula is C73H104N3O8S6-. The minimum atomic E-state index is -0.600. The predicted molar refractivity (Wildman–Crippen MR) is 394 cm³/mol. The standard InChI is InChI=1S/C22H28N2OS2.C18H21NS2.C13H10O.3C5H12O2.C5H9S2/c1-21(26-16-9-17-27-21)22(18-10-4-2-5-11-18,19-12-6-3-7-13-19)24-20(25)14-8-15-23;1-17(20-13-8-14-21-17)18(19,15-9-4-2-5-10-15)16-11-6-3-7-12-16;14-13(11-7-3-1-4-8-11)12-9-5-2-6-10-12;3*1-3-7-5-4-6-2;1-5-6-3-2-4-7-5/h2-7,10-13H,8-9,14-17,23H2,1H3,(H,24,25);2-7,9-12H,8,13-14,19H2,1H3;1-10H;3*3-5H2,1-2H3;2-4H2,1H3/q;;;;;;-1. The van der Waals surface area contributed by atoms with Crippen molar-refractivity contribution in [3.63, 3.8) is 0 Å². The lowest BCUT2D eigenvalue weighted by Gasteiger charge is -2.50. The monoisotopic (exact) mass is 1340 g/mol. The maximum Gasteiger partial charge on any atom is 0.221 e. The lowest BCUT2D eigenvalue weighted by Crippen LogP contribution is -2.59. The predicted octanol–water partition coefficient (Wildman–Crippen LogP) is 16.1. The van der Waals surface area contributed by atoms with Crippen LogP contribution in [0.1, 0.15) is 112 Å². The van der Waals surface area contributed by atoms with Gasteiger partial charge in [0.15, 0.2) is 5.78 Å². The first-order valence-corrected chi connectivity index (χ1v) is 37.2. The number of ketones is 1. The molecule has 90 heavy (non-hydrogen) atoms. The van der Waals surface area contributed by atoms with Crippen LogP contribution in [-0.4, -0.2) is 142 Å². The van der Waals surface area contributed by atoms with Gasteiger partial charge in [0.05, 0.1) is 53.3 Å². The molecule has 3 aliphatic rings. The summed E-state index contributed by atoms with van der Waals surface area (Å²) in [4.78, 5) is 24.8. The van der Waals surface area contributed by atoms with E-state index in [1.165, 1.54) is 53.4 Å². The van der Waals surface area contributed by atoms with Crippen molar-refractivity contribution < 1.29 is 38.0 Å². The molecule has 0 bridgehead atoms. The molecule has 9 rings (SSSR count). The lowest BCUT2D eigenvalue weighted by molar-refractivity contribution is -0.122. The number of nitrogens with two attached hydrogens (primary N) is 2. The minimum Gasteiger partial charge on any atom is -0.382 e. The highest BCUT2D eigenvalue weighted by Gasteiger charge is 2.53. The number of amides is 1. The molecule has 0 atom stereocenters. The normalized spacial score (nSPS) is 15.0. The van der Waals surface area contributed by atoms with Crippen LogP contribution in [0.2, 0.25) is 0 Å². The maximum absolute atomic E-state index is 13.0. The number of ether oxygens (including phenoxy) is 6. The quantitative estimate of drug-likeness (QED) is 0.0299. The molecule has 0 saturated carbocycles. The molecule has 6 aromatic carbocycles. The number of rotatable bonds is 24. The molecule has 1 amide bonds. The van der Waals surface area contributed by atoms with Crippen molar-refractivity contribution in [2.45, 2.75) is 92.9 Å². The summed E-state index contributed by atoms with van der Waals surface area (Å²) in [7, 11) is 5.00. The lowest BCUT2D eigenvalue weighted by atomic mass is 9.79. The van der Waals surface area contributed by atoms with Crippen LogP contribution in [0.15, 0.2) is 182 Å². The number of hydrogen-bond donors (Lipinski definition) is 3. The first-order valence-electron chi connectivity index (χ1n) is 31.3. The number of carbonyl (C=O) groups is 2. The average molecular weight is 1340 g/mol. The first-order chi connectivity index (χ1) is 43.8. The Morgan fingerprint density at radius 1 is 0.478 bits per heavy atom. The summed E-state index contributed by atoms with van der Waals surface area (Å²) >= 11 is 11.9. The Morgan fingerprint density at radius 3 is 1.09 bits per heavy atom. The van der Waals surface area contributed by atoms with Crippen LogP contribution in [0, 0.1) is 4.58 Å². The molecule has 17 heteroatoms. The zero-order valence-corrected chi connectivity index (χ0v) is 59.9. The van der Waals surface area contributed by atoms with Crippen LogP contribution in [0.4, 0.5) is 0 Å². The van der Waals surface area contributed by atoms with Gasteiger partial charge in [-0.2, -0.15) is 6.92 Å². The van der Waals surface area contributed by atoms with E-state index in [2.05, 4.69) is 135 Å². The van der Waals surface area contributed by atoms with Gasteiger partial charge in [-0.3, -0.25) is 9.59 Å². The van der Waals surface area contributed by atoms with Crippen molar-refractivity contribution in [3.05, 3.63) is 220 Å². The fraction of sp³-hybridized carbons (Fsp3) is 0.466. The Balaban J connectivity index is 0.000000297. The van der Waals surface area contributed by atoms with E-state index in [0.717, 1.165) is 53.6 Å². The van der Waals surface area contributed by atoms with E-state index in [1.54, 1.807) is 25.9 Å². The van der Waals surface area contributed by atoms with E-state index in [1.807, 2.05) is 164 Å². The molecule has 0 unspecified atom stereocenters. The fourth-order valence-corrected chi connectivity index (χ4v) is 18.3. The second-order valence-electron chi connectivity index (χ2n) is 20.6. The summed E-state index contributed by atoms with van der Waals surface area (Å²) in [5, 5.41) is 3.47. The van der Waals surface area contributed by atoms with Crippen molar-refractivity contribution in [1.29, 1.82) is 0 Å². The largest absolute Gasteiger partial charge is 0.382 e. The van der Waals surface area contributed by atoms with Gasteiger partial charge in [0.1, 0.15) is 5.54 Å². The summed E-state index contributed by atoms with van der Waals surface area (Å²) in [6.07, 6.45) is 5.01. The molecule has 496 valence electrons. The van der Waals surface area contributed by atoms with Crippen molar-refractivity contribution in [3.8, 4) is 0 Å². The summed E-state index contributed by atoms with van der Waals surface area (Å²) < 4.78 is 30.3. The zero-order chi connectivity index (χ0) is 65.5. The van der Waals surface area contributed by atoms with Gasteiger partial charge in [0.25, 0.3) is 0 Å². The molecule has 6 aromatic rings. The van der Waals surface area contributed by atoms with E-state index in [-0.39, 0.29) is 19.8 Å². The number of benzene rings is 6. The third-order valence-corrected chi connectivity index (χ3v) is 23.5. The van der Waals surface area contributed by atoms with Crippen LogP contribution >= 0.6 is 70.6 Å². The SMILES string of the molecule is CC1(C(N)(c2ccccc2)c2ccccc2)SCCCS1.CC1(C(NC(=O)CCCN)(c2ccccc2)c2ccccc2)SCCCS1.CCOCCOC.CCOCCOC.CCOCCOC.C[C-]1SCCCS1.O=C(c1ccccc1)c1ccccc1. The third-order valence-electron chi connectivity index (χ3n) is 14.2. The number of carbonyl (C=O) groups excluding carboxylic acids is 2. The van der Waals surface area contributed by atoms with E-state index >= 15 is 0 Å². The molecule has 0 aliphatic carbocycles. The summed E-state index contributed by atoms with van der Waals surface area (Å²) in [6, 6.07) is 60.5. The second kappa shape index (κ2) is 48.9. The van der Waals surface area contributed by atoms with Gasteiger partial charge in [0, 0.05) is 58.7 Å². The Morgan fingerprint density at radius 2 is 0.789 bits per heavy atom. The van der Waals surface area contributed by atoms with Crippen LogP contribution in [-0.2, 0) is 44.3 Å². The van der Waals surface area contributed by atoms with E-state index in [9.17, 15) is 9.59 Å². The number of hydrogen-bond acceptors (Lipinski definition) is 16. The van der Waals surface area contributed by atoms with E-state index < -0.39 is 11.1 Å². The molecule has 11 nitrogen and oxygen atoms in total. The van der Waals surface area contributed by atoms with Gasteiger partial charge in [-0.15, -0.1) is 47.0 Å². The molecule has 3 fully saturated rings. The van der Waals surface area contributed by atoms with Crippen molar-refractivity contribution in [1.82, 2.24) is 5.32 Å². The van der Waals surface area contributed by atoms with Gasteiger partial charge in [0.2, 0.25) is 5.91 Å². The molecular weight excluding hydrogens is 1240 g/mol. The molecule has 0 aromatic heterocycles. The summed E-state index contributed by atoms with van der Waals surface area (Å²) in [6.45, 7) is 19.8. The molecule has 3 saturated heterocycles. The van der Waals surface area contributed by atoms with Crippen LogP contribution in [0.5, 0.6) is 0 Å². The molecule has 3 aliphatic heterocycles. The van der Waals surface area contributed by atoms with Gasteiger partial charge < -0.3 is 68.7 Å². The fourth-order valence-electron chi connectivity index (χ4n) is 9.40. The van der Waals surface area contributed by atoms with Crippen molar-refractivity contribution >= 4 is 82.3 Å². The van der Waals surface area contributed by atoms with E-state index in [0.29, 0.717) is 59.0 Å². The minimum absolute atomic E-state index is 0.0477. The maximum atomic E-state index is 13.0. The van der Waals surface area contributed by atoms with E-state index in [4.69, 9.17) is 39.9 Å². The Bertz CT molecular complexity index is 2520. The van der Waals surface area contributed by atoms with Gasteiger partial charge in [-0.1, -0.05) is 182 Å². The van der Waals surface area contributed by atoms with Crippen LogP contribution in [0.3, 0.4) is 0 Å². The Labute approximate surface area is 567 Å². The summed E-state index contributed by atoms with van der Waals surface area (Å²) in [5.41, 5.74) is 17.8. The zero-order valence-electron chi connectivity index (χ0n) is 55.0. The molecule has 3 heterocycles. The number of nitrogens with one attached hydrogen (secondary N) is 1. The van der Waals surface area contributed by atoms with Gasteiger partial charge >= 0.3 is 0 Å². The number of methoxy groups -OCH3 is 3. The smallest absolute Gasteiger partial charge is 0.221 e. The highest BCUT2D eigenvalue weighted by molar-refractivity contribution is 8.21. The molecule has 0 radical (unpaired) electrons. The Hall–Kier alpha value is -3.76. The van der Waals surface area contributed by atoms with Gasteiger partial charge in [-0.05, 0) is 124 Å². The Kier molecular flexibility index (Phi) is 43.7. The third kappa shape index (κ3) is 28.4. The molecule has 0 spiro atoms. The molecule has 5 N–H and O–H groups in total. The van der Waals surface area contributed by atoms with Crippen LogP contribution < -0.4 is 16.8 Å². The number of thioether (sulfide) groups is 6.